The third-order valence-electron chi connectivity index (χ3n) is 1.71. The average molecular weight is 207 g/mol. The summed E-state index contributed by atoms with van der Waals surface area (Å²) in [5, 5.41) is 7.04. The second-order valence-electron chi connectivity index (χ2n) is 2.63. The molecule has 4 heteroatoms. The summed E-state index contributed by atoms with van der Waals surface area (Å²) in [6.45, 7) is 0. The van der Waals surface area contributed by atoms with Crippen LogP contribution in [0.1, 0.15) is 5.56 Å². The van der Waals surface area contributed by atoms with Gasteiger partial charge in [0.15, 0.2) is 0 Å². The first-order chi connectivity index (χ1) is 6.79. The molecule has 0 atom stereocenters. The highest BCUT2D eigenvalue weighted by molar-refractivity contribution is 7.82. The van der Waals surface area contributed by atoms with E-state index in [0.29, 0.717) is 4.99 Å². The van der Waals surface area contributed by atoms with Gasteiger partial charge in [-0.1, -0.05) is 42.5 Å². The van der Waals surface area contributed by atoms with Crippen LogP contribution < -0.4 is 10.7 Å². The van der Waals surface area contributed by atoms with Crippen LogP contribution in [0.3, 0.4) is 0 Å². The van der Waals surface area contributed by atoms with Crippen LogP contribution in [0, 0.1) is 0 Å². The van der Waals surface area contributed by atoms with Gasteiger partial charge in [0.25, 0.3) is 0 Å². The fourth-order valence-electron chi connectivity index (χ4n) is 1.07. The Labute approximate surface area is 89.2 Å². The van der Waals surface area contributed by atoms with Crippen molar-refractivity contribution in [3.63, 3.8) is 0 Å². The second-order valence-corrected chi connectivity index (χ2v) is 3.04. The minimum absolute atomic E-state index is 0.630. The van der Waals surface area contributed by atoms with Gasteiger partial charge in [0.2, 0.25) is 0 Å². The third kappa shape index (κ3) is 2.53. The van der Waals surface area contributed by atoms with Gasteiger partial charge in [-0.05, 0) is 0 Å². The molecular weight excluding hydrogens is 194 g/mol. The van der Waals surface area contributed by atoms with E-state index in [4.69, 9.17) is 12.2 Å². The number of nitrogens with zero attached hydrogens (tertiary/aromatic N) is 1. The zero-order valence-electron chi connectivity index (χ0n) is 8.24. The lowest BCUT2D eigenvalue weighted by atomic mass is 10.1. The largest absolute Gasteiger partial charge is 0.378 e. The Morgan fingerprint density at radius 2 is 1.86 bits per heavy atom. The van der Waals surface area contributed by atoms with Crippen LogP contribution in [0.5, 0.6) is 0 Å². The van der Waals surface area contributed by atoms with Crippen molar-refractivity contribution >= 4 is 22.9 Å². The zero-order chi connectivity index (χ0) is 10.4. The van der Waals surface area contributed by atoms with Crippen LogP contribution in [-0.4, -0.2) is 24.8 Å². The van der Waals surface area contributed by atoms with Crippen LogP contribution in [0.4, 0.5) is 0 Å². The molecule has 0 aromatic heterocycles. The summed E-state index contributed by atoms with van der Waals surface area (Å²) < 4.78 is 0. The van der Waals surface area contributed by atoms with Crippen LogP contribution in [0.15, 0.2) is 35.4 Å². The maximum atomic E-state index is 5.14. The fraction of sp³-hybridized carbons (Fsp3) is 0.200. The minimum atomic E-state index is 0.630. The van der Waals surface area contributed by atoms with E-state index in [-0.39, 0.29) is 0 Å². The SMILES string of the molecule is CN/N=C(\C(=S)NC)c1ccccc1. The maximum absolute atomic E-state index is 5.14. The molecule has 1 aromatic rings. The highest BCUT2D eigenvalue weighted by atomic mass is 32.1. The van der Waals surface area contributed by atoms with Crippen molar-refractivity contribution in [2.75, 3.05) is 14.1 Å². The van der Waals surface area contributed by atoms with E-state index in [1.807, 2.05) is 30.3 Å². The molecule has 3 nitrogen and oxygen atoms in total. The van der Waals surface area contributed by atoms with Crippen molar-refractivity contribution in [3.8, 4) is 0 Å². The van der Waals surface area contributed by atoms with E-state index in [1.165, 1.54) is 0 Å². The molecule has 0 aliphatic rings. The monoisotopic (exact) mass is 207 g/mol. The lowest BCUT2D eigenvalue weighted by molar-refractivity contribution is 0.903. The summed E-state index contributed by atoms with van der Waals surface area (Å²) in [6.07, 6.45) is 0. The predicted molar refractivity (Wildman–Crippen MR) is 63.7 cm³/mol. The molecule has 0 fully saturated rings. The molecule has 0 radical (unpaired) electrons. The average Bonchev–Trinajstić information content (AvgIpc) is 2.26. The molecule has 0 unspecified atom stereocenters. The van der Waals surface area contributed by atoms with Crippen LogP contribution in [0.25, 0.3) is 0 Å². The number of hydrogen-bond donors (Lipinski definition) is 2. The van der Waals surface area contributed by atoms with Gasteiger partial charge >= 0.3 is 0 Å². The van der Waals surface area contributed by atoms with E-state index < -0.39 is 0 Å². The quantitative estimate of drug-likeness (QED) is 0.443. The number of likely N-dealkylation sites (N-methyl/N-ethyl adjacent to an activating group) is 1. The van der Waals surface area contributed by atoms with Crippen LogP contribution in [0.2, 0.25) is 0 Å². The summed E-state index contributed by atoms with van der Waals surface area (Å²) >= 11 is 5.14. The van der Waals surface area contributed by atoms with E-state index in [1.54, 1.807) is 14.1 Å². The topological polar surface area (TPSA) is 36.4 Å². The molecule has 0 bridgehead atoms. The van der Waals surface area contributed by atoms with E-state index in [0.717, 1.165) is 11.3 Å². The maximum Gasteiger partial charge on any atom is 0.127 e. The van der Waals surface area contributed by atoms with Crippen molar-refractivity contribution in [2.24, 2.45) is 5.10 Å². The second kappa shape index (κ2) is 5.34. The molecule has 1 rings (SSSR count). The van der Waals surface area contributed by atoms with Crippen LogP contribution in [-0.2, 0) is 0 Å². The smallest absolute Gasteiger partial charge is 0.127 e. The lowest BCUT2D eigenvalue weighted by Gasteiger charge is -2.06. The van der Waals surface area contributed by atoms with Gasteiger partial charge in [0.05, 0.1) is 0 Å². The first-order valence-electron chi connectivity index (χ1n) is 4.31. The molecule has 74 valence electrons. The van der Waals surface area contributed by atoms with Gasteiger partial charge in [-0.2, -0.15) is 5.10 Å². The highest BCUT2D eigenvalue weighted by Gasteiger charge is 2.07. The zero-order valence-corrected chi connectivity index (χ0v) is 9.06. The fourth-order valence-corrected chi connectivity index (χ4v) is 1.24. The summed E-state index contributed by atoms with van der Waals surface area (Å²) in [5.41, 5.74) is 4.50. The van der Waals surface area contributed by atoms with Crippen LogP contribution >= 0.6 is 12.2 Å². The van der Waals surface area contributed by atoms with E-state index >= 15 is 0 Å². The number of rotatable bonds is 3. The summed E-state index contributed by atoms with van der Waals surface area (Å²) in [4.78, 5) is 0.630. The Kier molecular flexibility index (Phi) is 4.07. The number of thiocarbonyl (C=S) groups is 1. The standard InChI is InChI=1S/C10H13N3S/c1-11-10(14)9(13-12-2)8-6-4-3-5-7-8/h3-7,12H,1-2H3,(H,11,14)/b13-9-. The van der Waals surface area contributed by atoms with E-state index in [9.17, 15) is 0 Å². The molecule has 0 aliphatic carbocycles. The lowest BCUT2D eigenvalue weighted by Crippen LogP contribution is -2.27. The number of benzene rings is 1. The summed E-state index contributed by atoms with van der Waals surface area (Å²) in [7, 11) is 3.54. The number of hydrazone groups is 1. The molecule has 0 saturated carbocycles. The normalized spacial score (nSPS) is 10.9. The summed E-state index contributed by atoms with van der Waals surface area (Å²) in [6, 6.07) is 9.82. The van der Waals surface area contributed by atoms with Gasteiger partial charge in [0, 0.05) is 19.7 Å². The van der Waals surface area contributed by atoms with Gasteiger partial charge in [0.1, 0.15) is 10.7 Å². The number of hydrogen-bond acceptors (Lipinski definition) is 3. The molecule has 2 N–H and O–H groups in total. The van der Waals surface area contributed by atoms with Crippen molar-refractivity contribution in [1.82, 2.24) is 10.7 Å². The Morgan fingerprint density at radius 1 is 1.21 bits per heavy atom. The van der Waals surface area contributed by atoms with Gasteiger partial charge < -0.3 is 10.7 Å². The van der Waals surface area contributed by atoms with Gasteiger partial charge in [-0.25, -0.2) is 0 Å². The first kappa shape index (κ1) is 10.7. The van der Waals surface area contributed by atoms with Gasteiger partial charge in [-0.15, -0.1) is 0 Å². The minimum Gasteiger partial charge on any atom is -0.378 e. The molecule has 0 aliphatic heterocycles. The molecular formula is C10H13N3S. The Bertz CT molecular complexity index is 332. The third-order valence-corrected chi connectivity index (χ3v) is 2.11. The van der Waals surface area contributed by atoms with Crippen molar-refractivity contribution in [3.05, 3.63) is 35.9 Å². The van der Waals surface area contributed by atoms with E-state index in [2.05, 4.69) is 15.8 Å². The molecule has 0 spiro atoms. The molecule has 14 heavy (non-hydrogen) atoms. The first-order valence-corrected chi connectivity index (χ1v) is 4.72. The molecule has 0 amide bonds. The Hall–Kier alpha value is -1.42. The molecule has 0 heterocycles. The van der Waals surface area contributed by atoms with Crippen molar-refractivity contribution in [1.29, 1.82) is 0 Å². The number of nitrogens with one attached hydrogen (secondary N) is 2. The molecule has 1 aromatic carbocycles. The Morgan fingerprint density at radius 3 is 2.36 bits per heavy atom. The van der Waals surface area contributed by atoms with Crippen molar-refractivity contribution in [2.45, 2.75) is 0 Å². The molecule has 0 saturated heterocycles. The Balaban J connectivity index is 3.02. The highest BCUT2D eigenvalue weighted by Crippen LogP contribution is 2.01. The van der Waals surface area contributed by atoms with Gasteiger partial charge in [-0.3, -0.25) is 0 Å². The van der Waals surface area contributed by atoms with Crippen molar-refractivity contribution < 1.29 is 0 Å². The predicted octanol–water partition coefficient (Wildman–Crippen LogP) is 1.16. The summed E-state index contributed by atoms with van der Waals surface area (Å²) in [5.74, 6) is 0.